The van der Waals surface area contributed by atoms with Crippen LogP contribution in [0, 0.1) is 0 Å². The van der Waals surface area contributed by atoms with Gasteiger partial charge in [-0.05, 0) is 31.0 Å². The first-order valence-electron chi connectivity index (χ1n) is 8.92. The number of aromatic nitrogens is 2. The van der Waals surface area contributed by atoms with Gasteiger partial charge in [-0.15, -0.1) is 0 Å². The maximum Gasteiger partial charge on any atom is 0.259 e. The van der Waals surface area contributed by atoms with Gasteiger partial charge < -0.3 is 19.2 Å². The van der Waals surface area contributed by atoms with Crippen molar-refractivity contribution in [1.82, 2.24) is 20.4 Å². The number of furan rings is 1. The third-order valence-electron chi connectivity index (χ3n) is 4.79. The third kappa shape index (κ3) is 2.78. The number of rotatable bonds is 3. The molecule has 0 spiro atoms. The molecule has 4 heterocycles. The fraction of sp³-hybridized carbons (Fsp3) is 0.421. The lowest BCUT2D eigenvalue weighted by atomic mass is 10.0. The van der Waals surface area contributed by atoms with Crippen LogP contribution in [0.3, 0.4) is 0 Å². The number of hydrogen-bond donors (Lipinski definition) is 1. The number of nitrogens with one attached hydrogen (secondary N) is 1. The highest BCUT2D eigenvalue weighted by Gasteiger charge is 2.29. The highest BCUT2D eigenvalue weighted by atomic mass is 16.5. The molecule has 7 nitrogen and oxygen atoms in total. The Labute approximate surface area is 151 Å². The summed E-state index contributed by atoms with van der Waals surface area (Å²) in [4.78, 5) is 19.8. The molecule has 4 rings (SSSR count). The molecule has 1 amide bonds. The highest BCUT2D eigenvalue weighted by molar-refractivity contribution is 6.07. The molecule has 0 unspecified atom stereocenters. The van der Waals surface area contributed by atoms with Crippen molar-refractivity contribution < 1.29 is 13.7 Å². The van der Waals surface area contributed by atoms with E-state index in [4.69, 9.17) is 8.94 Å². The van der Waals surface area contributed by atoms with Gasteiger partial charge in [-0.1, -0.05) is 19.0 Å². The van der Waals surface area contributed by atoms with Gasteiger partial charge in [0, 0.05) is 25.7 Å². The first-order valence-corrected chi connectivity index (χ1v) is 8.92. The Morgan fingerprint density at radius 2 is 2.27 bits per heavy atom. The molecule has 0 saturated carbocycles. The van der Waals surface area contributed by atoms with Gasteiger partial charge in [0.2, 0.25) is 0 Å². The van der Waals surface area contributed by atoms with E-state index in [1.165, 1.54) is 0 Å². The largest absolute Gasteiger partial charge is 0.463 e. The zero-order valence-corrected chi connectivity index (χ0v) is 15.2. The number of piperazine rings is 1. The molecular formula is C19H22N4O3. The van der Waals surface area contributed by atoms with Gasteiger partial charge in [-0.3, -0.25) is 4.79 Å². The molecule has 3 aromatic heterocycles. The summed E-state index contributed by atoms with van der Waals surface area (Å²) in [6, 6.07) is 5.52. The number of amides is 1. The third-order valence-corrected chi connectivity index (χ3v) is 4.79. The molecule has 1 aliphatic rings. The van der Waals surface area contributed by atoms with E-state index in [1.54, 1.807) is 18.4 Å². The molecule has 1 fully saturated rings. The second kappa shape index (κ2) is 6.57. The minimum atomic E-state index is -0.0238. The average molecular weight is 354 g/mol. The predicted octanol–water partition coefficient (Wildman–Crippen LogP) is 3.04. The van der Waals surface area contributed by atoms with Crippen molar-refractivity contribution in [2.24, 2.45) is 0 Å². The lowest BCUT2D eigenvalue weighted by Crippen LogP contribution is -2.52. The van der Waals surface area contributed by atoms with Crippen LogP contribution in [0.2, 0.25) is 0 Å². The molecule has 1 aliphatic heterocycles. The van der Waals surface area contributed by atoms with Gasteiger partial charge in [0.1, 0.15) is 5.69 Å². The molecule has 0 radical (unpaired) electrons. The SMILES string of the molecule is CC(C)c1noc2nc(-c3ccco3)cc(C(=O)N3CCNC[C@@H]3C)c12. The number of carbonyl (C=O) groups is 1. The Bertz CT molecular complexity index is 930. The van der Waals surface area contributed by atoms with Crippen LogP contribution >= 0.6 is 0 Å². The van der Waals surface area contributed by atoms with Crippen molar-refractivity contribution in [3.63, 3.8) is 0 Å². The van der Waals surface area contributed by atoms with Crippen molar-refractivity contribution in [2.45, 2.75) is 32.7 Å². The van der Waals surface area contributed by atoms with Crippen LogP contribution in [-0.4, -0.2) is 46.6 Å². The second-order valence-electron chi connectivity index (χ2n) is 6.99. The lowest BCUT2D eigenvalue weighted by Gasteiger charge is -2.34. The van der Waals surface area contributed by atoms with Gasteiger partial charge in [0.25, 0.3) is 11.6 Å². The number of fused-ring (bicyclic) bond motifs is 1. The van der Waals surface area contributed by atoms with Gasteiger partial charge in [-0.25, -0.2) is 4.98 Å². The van der Waals surface area contributed by atoms with E-state index < -0.39 is 0 Å². The normalized spacial score (nSPS) is 18.0. The topological polar surface area (TPSA) is 84.4 Å². The minimum Gasteiger partial charge on any atom is -0.463 e. The molecule has 1 N–H and O–H groups in total. The first kappa shape index (κ1) is 16.8. The zero-order valence-electron chi connectivity index (χ0n) is 15.2. The molecule has 0 aliphatic carbocycles. The summed E-state index contributed by atoms with van der Waals surface area (Å²) < 4.78 is 10.9. The van der Waals surface area contributed by atoms with E-state index in [2.05, 4.69) is 15.5 Å². The van der Waals surface area contributed by atoms with Gasteiger partial charge in [0.05, 0.1) is 22.9 Å². The molecule has 7 heteroatoms. The number of pyridine rings is 1. The van der Waals surface area contributed by atoms with E-state index in [9.17, 15) is 4.79 Å². The summed E-state index contributed by atoms with van der Waals surface area (Å²) >= 11 is 0. The second-order valence-corrected chi connectivity index (χ2v) is 6.99. The maximum absolute atomic E-state index is 13.4. The van der Waals surface area contributed by atoms with E-state index in [0.29, 0.717) is 34.7 Å². The summed E-state index contributed by atoms with van der Waals surface area (Å²) in [5.74, 6) is 0.695. The zero-order chi connectivity index (χ0) is 18.3. The van der Waals surface area contributed by atoms with Crippen molar-refractivity contribution in [1.29, 1.82) is 0 Å². The van der Waals surface area contributed by atoms with Crippen molar-refractivity contribution in [2.75, 3.05) is 19.6 Å². The van der Waals surface area contributed by atoms with Gasteiger partial charge in [-0.2, -0.15) is 0 Å². The maximum atomic E-state index is 13.4. The molecular weight excluding hydrogens is 332 g/mol. The fourth-order valence-corrected chi connectivity index (χ4v) is 3.38. The molecule has 0 aromatic carbocycles. The number of hydrogen-bond acceptors (Lipinski definition) is 6. The van der Waals surface area contributed by atoms with Crippen LogP contribution in [0.1, 0.15) is 42.7 Å². The lowest BCUT2D eigenvalue weighted by molar-refractivity contribution is 0.0657. The predicted molar refractivity (Wildman–Crippen MR) is 97.0 cm³/mol. The molecule has 0 bridgehead atoms. The standard InChI is InChI=1S/C19H22N4O3/c1-11(2)17-16-13(19(24)23-7-6-20-10-12(23)3)9-14(15-5-4-8-25-15)21-18(16)26-22-17/h4-5,8-9,11-12,20H,6-7,10H2,1-3H3/t12-/m0/s1. The van der Waals surface area contributed by atoms with Gasteiger partial charge >= 0.3 is 0 Å². The van der Waals surface area contributed by atoms with Crippen LogP contribution < -0.4 is 5.32 Å². The minimum absolute atomic E-state index is 0.0238. The number of carbonyl (C=O) groups excluding carboxylic acids is 1. The Balaban J connectivity index is 1.89. The Kier molecular flexibility index (Phi) is 4.24. The van der Waals surface area contributed by atoms with Crippen molar-refractivity contribution in [3.8, 4) is 11.5 Å². The summed E-state index contributed by atoms with van der Waals surface area (Å²) in [5.41, 5.74) is 2.26. The van der Waals surface area contributed by atoms with Gasteiger partial charge in [0.15, 0.2) is 5.76 Å². The Morgan fingerprint density at radius 3 is 2.96 bits per heavy atom. The molecule has 3 aromatic rings. The van der Waals surface area contributed by atoms with Crippen LogP contribution in [0.5, 0.6) is 0 Å². The number of nitrogens with zero attached hydrogens (tertiary/aromatic N) is 3. The molecule has 136 valence electrons. The first-order chi connectivity index (χ1) is 12.6. The quantitative estimate of drug-likeness (QED) is 0.778. The Morgan fingerprint density at radius 1 is 1.42 bits per heavy atom. The summed E-state index contributed by atoms with van der Waals surface area (Å²) in [6.07, 6.45) is 1.58. The summed E-state index contributed by atoms with van der Waals surface area (Å²) in [7, 11) is 0. The molecule has 1 atom stereocenters. The average Bonchev–Trinajstić information content (AvgIpc) is 3.30. The van der Waals surface area contributed by atoms with E-state index >= 15 is 0 Å². The summed E-state index contributed by atoms with van der Waals surface area (Å²) in [5, 5.41) is 8.19. The van der Waals surface area contributed by atoms with E-state index in [-0.39, 0.29) is 17.9 Å². The van der Waals surface area contributed by atoms with Crippen LogP contribution in [0.25, 0.3) is 22.6 Å². The van der Waals surface area contributed by atoms with E-state index in [1.807, 2.05) is 31.7 Å². The molecule has 1 saturated heterocycles. The van der Waals surface area contributed by atoms with Crippen molar-refractivity contribution >= 4 is 17.0 Å². The van der Waals surface area contributed by atoms with Crippen molar-refractivity contribution in [3.05, 3.63) is 35.7 Å². The van der Waals surface area contributed by atoms with Crippen LogP contribution in [0.4, 0.5) is 0 Å². The van der Waals surface area contributed by atoms with Crippen LogP contribution in [0.15, 0.2) is 33.4 Å². The summed E-state index contributed by atoms with van der Waals surface area (Å²) in [6.45, 7) is 8.34. The van der Waals surface area contributed by atoms with Crippen LogP contribution in [-0.2, 0) is 0 Å². The smallest absolute Gasteiger partial charge is 0.259 e. The molecule has 26 heavy (non-hydrogen) atoms. The Hall–Kier alpha value is -2.67. The van der Waals surface area contributed by atoms with E-state index in [0.717, 1.165) is 18.8 Å². The highest BCUT2D eigenvalue weighted by Crippen LogP contribution is 2.31. The monoisotopic (exact) mass is 354 g/mol. The fourth-order valence-electron chi connectivity index (χ4n) is 3.38.